The summed E-state index contributed by atoms with van der Waals surface area (Å²) >= 11 is 5.81. The van der Waals surface area contributed by atoms with E-state index in [4.69, 9.17) is 9.97 Å². The molecule has 0 amide bonds. The Morgan fingerprint density at radius 3 is 2.81 bits per heavy atom. The second-order valence-corrected chi connectivity index (χ2v) is 8.92. The quantitative estimate of drug-likeness (QED) is 0.877. The first-order valence-electron chi connectivity index (χ1n) is 7.41. The van der Waals surface area contributed by atoms with E-state index in [0.29, 0.717) is 5.25 Å². The van der Waals surface area contributed by atoms with Gasteiger partial charge in [0.2, 0.25) is 0 Å². The molecule has 1 atom stereocenters. The lowest BCUT2D eigenvalue weighted by atomic mass is 10.2. The summed E-state index contributed by atoms with van der Waals surface area (Å²) in [5.74, 6) is 5.64. The highest BCUT2D eigenvalue weighted by Gasteiger charge is 2.22. The van der Waals surface area contributed by atoms with E-state index in [1.807, 2.05) is 23.5 Å². The predicted octanol–water partition coefficient (Wildman–Crippen LogP) is 4.65. The Balaban J connectivity index is 2.05. The summed E-state index contributed by atoms with van der Waals surface area (Å²) in [6, 6.07) is 0. The molecule has 0 bridgehead atoms. The maximum absolute atomic E-state index is 4.89. The van der Waals surface area contributed by atoms with Gasteiger partial charge in [0.15, 0.2) is 0 Å². The first kappa shape index (κ1) is 15.4. The number of anilines is 1. The molecule has 6 heteroatoms. The Hall–Kier alpha value is -0.460. The lowest BCUT2D eigenvalue weighted by Crippen LogP contribution is -2.12. The SMILES string of the molecule is CCCNc1nc(C2CSCCS2)nc2sc(C)c(C)c12. The topological polar surface area (TPSA) is 37.8 Å². The number of thioether (sulfide) groups is 2. The number of thiophene rings is 1. The average molecular weight is 340 g/mol. The molecule has 3 nitrogen and oxygen atoms in total. The van der Waals surface area contributed by atoms with E-state index >= 15 is 0 Å². The van der Waals surface area contributed by atoms with Crippen LogP contribution in [-0.2, 0) is 0 Å². The third kappa shape index (κ3) is 3.17. The maximum Gasteiger partial charge on any atom is 0.146 e. The molecular formula is C15H21N3S3. The molecule has 1 aliphatic rings. The summed E-state index contributed by atoms with van der Waals surface area (Å²) in [5.41, 5.74) is 1.32. The Labute approximate surface area is 138 Å². The molecular weight excluding hydrogens is 318 g/mol. The van der Waals surface area contributed by atoms with E-state index in [1.165, 1.54) is 27.3 Å². The molecule has 0 aromatic carbocycles. The van der Waals surface area contributed by atoms with Crippen molar-refractivity contribution in [2.24, 2.45) is 0 Å². The monoisotopic (exact) mass is 339 g/mol. The minimum Gasteiger partial charge on any atom is -0.369 e. The fourth-order valence-electron chi connectivity index (χ4n) is 2.42. The summed E-state index contributed by atoms with van der Waals surface area (Å²) in [5, 5.41) is 5.18. The first-order valence-corrected chi connectivity index (χ1v) is 10.4. The summed E-state index contributed by atoms with van der Waals surface area (Å²) in [4.78, 5) is 12.3. The zero-order chi connectivity index (χ0) is 14.8. The Morgan fingerprint density at radius 1 is 1.24 bits per heavy atom. The van der Waals surface area contributed by atoms with Gasteiger partial charge in [0.25, 0.3) is 0 Å². The molecule has 0 saturated carbocycles. The van der Waals surface area contributed by atoms with Crippen LogP contribution in [0.5, 0.6) is 0 Å². The smallest absolute Gasteiger partial charge is 0.146 e. The molecule has 0 aliphatic carbocycles. The van der Waals surface area contributed by atoms with Gasteiger partial charge in [-0.1, -0.05) is 6.92 Å². The molecule has 0 radical (unpaired) electrons. The third-order valence-electron chi connectivity index (χ3n) is 3.69. The maximum atomic E-state index is 4.89. The second kappa shape index (κ2) is 6.75. The number of rotatable bonds is 4. The van der Waals surface area contributed by atoms with Crippen molar-refractivity contribution < 1.29 is 0 Å². The summed E-state index contributed by atoms with van der Waals surface area (Å²) in [6.07, 6.45) is 1.11. The second-order valence-electron chi connectivity index (χ2n) is 5.25. The van der Waals surface area contributed by atoms with Crippen LogP contribution in [0.1, 0.15) is 34.9 Å². The van der Waals surface area contributed by atoms with Crippen LogP contribution in [0.25, 0.3) is 10.2 Å². The molecule has 1 saturated heterocycles. The van der Waals surface area contributed by atoms with Gasteiger partial charge < -0.3 is 5.32 Å². The highest BCUT2D eigenvalue weighted by atomic mass is 32.2. The van der Waals surface area contributed by atoms with E-state index in [1.54, 1.807) is 11.3 Å². The Bertz CT molecular complexity index is 633. The average Bonchev–Trinajstić information content (AvgIpc) is 2.80. The number of aryl methyl sites for hydroxylation is 2. The van der Waals surface area contributed by atoms with Crippen LogP contribution in [0.4, 0.5) is 5.82 Å². The van der Waals surface area contributed by atoms with Crippen LogP contribution in [0.15, 0.2) is 0 Å². The zero-order valence-corrected chi connectivity index (χ0v) is 15.2. The first-order chi connectivity index (χ1) is 10.2. The van der Waals surface area contributed by atoms with Crippen LogP contribution in [-0.4, -0.2) is 33.8 Å². The molecule has 1 aliphatic heterocycles. The number of hydrogen-bond donors (Lipinski definition) is 1. The van der Waals surface area contributed by atoms with Gasteiger partial charge in [0.05, 0.1) is 10.6 Å². The third-order valence-corrected chi connectivity index (χ3v) is 7.54. The van der Waals surface area contributed by atoms with Crippen LogP contribution < -0.4 is 5.32 Å². The molecule has 21 heavy (non-hydrogen) atoms. The standard InChI is InChI=1S/C15H21N3S3/c1-4-5-16-14-12-9(2)10(3)21-15(12)18-13(17-14)11-8-19-6-7-20-11/h11H,4-8H2,1-3H3,(H,16,17,18). The summed E-state index contributed by atoms with van der Waals surface area (Å²) < 4.78 is 0. The molecule has 2 aromatic heterocycles. The van der Waals surface area contributed by atoms with Crippen molar-refractivity contribution in [3.05, 3.63) is 16.3 Å². The molecule has 1 unspecified atom stereocenters. The Morgan fingerprint density at radius 2 is 2.10 bits per heavy atom. The van der Waals surface area contributed by atoms with Crippen molar-refractivity contribution in [1.82, 2.24) is 9.97 Å². The van der Waals surface area contributed by atoms with E-state index in [9.17, 15) is 0 Å². The number of hydrogen-bond acceptors (Lipinski definition) is 6. The van der Waals surface area contributed by atoms with Gasteiger partial charge in [0, 0.05) is 28.7 Å². The zero-order valence-electron chi connectivity index (χ0n) is 12.7. The van der Waals surface area contributed by atoms with Gasteiger partial charge in [-0.15, -0.1) is 23.1 Å². The normalized spacial score (nSPS) is 19.1. The van der Waals surface area contributed by atoms with E-state index in [0.717, 1.165) is 35.2 Å². The van der Waals surface area contributed by atoms with Crippen molar-refractivity contribution >= 4 is 50.9 Å². The largest absolute Gasteiger partial charge is 0.369 e. The number of fused-ring (bicyclic) bond motifs is 1. The van der Waals surface area contributed by atoms with Crippen molar-refractivity contribution in [1.29, 1.82) is 0 Å². The lowest BCUT2D eigenvalue weighted by Gasteiger charge is -2.20. The number of nitrogens with one attached hydrogen (secondary N) is 1. The van der Waals surface area contributed by atoms with Crippen molar-refractivity contribution in [2.75, 3.05) is 29.1 Å². The van der Waals surface area contributed by atoms with Gasteiger partial charge >= 0.3 is 0 Å². The number of nitrogens with zero attached hydrogens (tertiary/aromatic N) is 2. The van der Waals surface area contributed by atoms with Gasteiger partial charge in [-0.25, -0.2) is 9.97 Å². The number of aromatic nitrogens is 2. The Kier molecular flexibility index (Phi) is 4.96. The molecule has 114 valence electrons. The van der Waals surface area contributed by atoms with Crippen LogP contribution >= 0.6 is 34.9 Å². The fourth-order valence-corrected chi connectivity index (χ4v) is 6.05. The predicted molar refractivity (Wildman–Crippen MR) is 98.2 cm³/mol. The van der Waals surface area contributed by atoms with Gasteiger partial charge in [-0.3, -0.25) is 0 Å². The van der Waals surface area contributed by atoms with E-state index in [-0.39, 0.29) is 0 Å². The minimum absolute atomic E-state index is 0.443. The highest BCUT2D eigenvalue weighted by Crippen LogP contribution is 2.39. The molecule has 0 spiro atoms. The molecule has 1 N–H and O–H groups in total. The van der Waals surface area contributed by atoms with Crippen molar-refractivity contribution in [3.63, 3.8) is 0 Å². The van der Waals surface area contributed by atoms with Crippen LogP contribution in [0, 0.1) is 13.8 Å². The molecule has 3 rings (SSSR count). The van der Waals surface area contributed by atoms with Gasteiger partial charge in [-0.2, -0.15) is 11.8 Å². The van der Waals surface area contributed by atoms with E-state index in [2.05, 4.69) is 26.1 Å². The van der Waals surface area contributed by atoms with Crippen LogP contribution in [0.2, 0.25) is 0 Å². The lowest BCUT2D eigenvalue weighted by molar-refractivity contribution is 0.924. The van der Waals surface area contributed by atoms with Gasteiger partial charge in [0.1, 0.15) is 16.5 Å². The molecule has 1 fully saturated rings. The van der Waals surface area contributed by atoms with E-state index < -0.39 is 0 Å². The summed E-state index contributed by atoms with van der Waals surface area (Å²) in [7, 11) is 0. The molecule has 3 heterocycles. The van der Waals surface area contributed by atoms with Crippen molar-refractivity contribution in [3.8, 4) is 0 Å². The van der Waals surface area contributed by atoms with Gasteiger partial charge in [-0.05, 0) is 25.8 Å². The summed E-state index contributed by atoms with van der Waals surface area (Å²) in [6.45, 7) is 7.51. The highest BCUT2D eigenvalue weighted by molar-refractivity contribution is 8.06. The fraction of sp³-hybridized carbons (Fsp3) is 0.600. The molecule has 2 aromatic rings. The van der Waals surface area contributed by atoms with Crippen molar-refractivity contribution in [2.45, 2.75) is 32.4 Å². The minimum atomic E-state index is 0.443. The van der Waals surface area contributed by atoms with Crippen LogP contribution in [0.3, 0.4) is 0 Å².